The van der Waals surface area contributed by atoms with Crippen LogP contribution in [-0.4, -0.2) is 34.5 Å². The van der Waals surface area contributed by atoms with Gasteiger partial charge in [0.1, 0.15) is 6.04 Å². The van der Waals surface area contributed by atoms with Crippen LogP contribution in [0.4, 0.5) is 5.69 Å². The first kappa shape index (κ1) is 20.3. The van der Waals surface area contributed by atoms with E-state index in [1.807, 2.05) is 66.2 Å². The molecule has 1 atom stereocenters. The van der Waals surface area contributed by atoms with Crippen LogP contribution in [0.2, 0.25) is 0 Å². The summed E-state index contributed by atoms with van der Waals surface area (Å²) in [6.45, 7) is 0. The molecule has 0 aliphatic heterocycles. The van der Waals surface area contributed by atoms with Crippen LogP contribution in [0.25, 0.3) is 11.0 Å². The van der Waals surface area contributed by atoms with E-state index in [-0.39, 0.29) is 11.8 Å². The van der Waals surface area contributed by atoms with E-state index >= 15 is 0 Å². The van der Waals surface area contributed by atoms with Crippen molar-refractivity contribution in [2.45, 2.75) is 12.5 Å². The molecule has 1 aromatic heterocycles. The number of amides is 2. The number of carbonyl (C=O) groups is 2. The second-order valence-electron chi connectivity index (χ2n) is 7.48. The van der Waals surface area contributed by atoms with E-state index in [9.17, 15) is 9.59 Å². The molecular weight excluding hydrogens is 388 g/mol. The highest BCUT2D eigenvalue weighted by Gasteiger charge is 2.27. The van der Waals surface area contributed by atoms with Crippen molar-refractivity contribution in [2.75, 3.05) is 11.9 Å². The number of nitrogens with zero attached hydrogens (tertiary/aromatic N) is 3. The van der Waals surface area contributed by atoms with E-state index in [0.717, 1.165) is 22.3 Å². The maximum Gasteiger partial charge on any atom is 0.251 e. The normalized spacial score (nSPS) is 11.8. The molecule has 2 amide bonds. The first-order valence-electron chi connectivity index (χ1n) is 10.1. The van der Waals surface area contributed by atoms with Gasteiger partial charge in [0.25, 0.3) is 5.91 Å². The van der Waals surface area contributed by atoms with Gasteiger partial charge in [0, 0.05) is 26.1 Å². The molecule has 3 aromatic carbocycles. The summed E-state index contributed by atoms with van der Waals surface area (Å²) in [5, 5.41) is 2.94. The number of aryl methyl sites for hydroxylation is 1. The minimum absolute atomic E-state index is 0.193. The molecule has 0 spiro atoms. The van der Waals surface area contributed by atoms with Crippen molar-refractivity contribution in [3.63, 3.8) is 0 Å². The zero-order valence-corrected chi connectivity index (χ0v) is 17.5. The number of hydrogen-bond acceptors (Lipinski definition) is 3. The van der Waals surface area contributed by atoms with Crippen molar-refractivity contribution in [1.82, 2.24) is 14.9 Å². The highest BCUT2D eigenvalue weighted by Crippen LogP contribution is 2.25. The van der Waals surface area contributed by atoms with Crippen LogP contribution < -0.4 is 10.2 Å². The average Bonchev–Trinajstić information content (AvgIpc) is 3.20. The molecule has 1 N–H and O–H groups in total. The summed E-state index contributed by atoms with van der Waals surface area (Å²) in [5.41, 5.74) is 3.92. The number of aromatic nitrogens is 2. The molecule has 6 nitrogen and oxygen atoms in total. The van der Waals surface area contributed by atoms with E-state index in [4.69, 9.17) is 0 Å². The Kier molecular flexibility index (Phi) is 5.80. The number of para-hydroxylation sites is 1. The van der Waals surface area contributed by atoms with E-state index in [1.54, 1.807) is 42.5 Å². The largest absolute Gasteiger partial charge is 0.340 e. The zero-order valence-electron chi connectivity index (χ0n) is 17.5. The number of rotatable bonds is 6. The molecule has 1 heterocycles. The highest BCUT2D eigenvalue weighted by atomic mass is 16.2. The summed E-state index contributed by atoms with van der Waals surface area (Å²) in [5.74, 6) is -0.469. The third kappa shape index (κ3) is 4.33. The lowest BCUT2D eigenvalue weighted by Gasteiger charge is -2.25. The number of imidazole rings is 1. The van der Waals surface area contributed by atoms with Crippen LogP contribution in [0.5, 0.6) is 0 Å². The molecule has 31 heavy (non-hydrogen) atoms. The van der Waals surface area contributed by atoms with Crippen LogP contribution in [0.3, 0.4) is 0 Å². The van der Waals surface area contributed by atoms with Crippen LogP contribution in [0.1, 0.15) is 15.9 Å². The van der Waals surface area contributed by atoms with Crippen LogP contribution in [-0.2, 0) is 18.3 Å². The lowest BCUT2D eigenvalue weighted by Crippen LogP contribution is -2.48. The summed E-state index contributed by atoms with van der Waals surface area (Å²) in [4.78, 5) is 32.4. The van der Waals surface area contributed by atoms with Crippen molar-refractivity contribution in [2.24, 2.45) is 7.05 Å². The van der Waals surface area contributed by atoms with Gasteiger partial charge < -0.3 is 14.8 Å². The fourth-order valence-electron chi connectivity index (χ4n) is 3.70. The van der Waals surface area contributed by atoms with Crippen molar-refractivity contribution >= 4 is 28.5 Å². The Morgan fingerprint density at radius 3 is 2.35 bits per heavy atom. The smallest absolute Gasteiger partial charge is 0.251 e. The topological polar surface area (TPSA) is 67.2 Å². The van der Waals surface area contributed by atoms with Crippen LogP contribution in [0, 0.1) is 0 Å². The standard InChI is InChI=1S/C25H24N4O2/c1-28-17-26-20-14-9-15-22(23(20)28)29(2)25(31)21(16-18-10-5-3-6-11-18)27-24(30)19-12-7-4-8-13-19/h3-15,17,21H,16H2,1-2H3,(H,27,30). The zero-order chi connectivity index (χ0) is 21.8. The molecule has 0 radical (unpaired) electrons. The lowest BCUT2D eigenvalue weighted by molar-refractivity contribution is -0.120. The van der Waals surface area contributed by atoms with Gasteiger partial charge in [-0.3, -0.25) is 9.59 Å². The molecule has 0 aliphatic rings. The van der Waals surface area contributed by atoms with E-state index in [0.29, 0.717) is 12.0 Å². The number of benzene rings is 3. The fourth-order valence-corrected chi connectivity index (χ4v) is 3.70. The quantitative estimate of drug-likeness (QED) is 0.526. The van der Waals surface area contributed by atoms with Gasteiger partial charge in [-0.15, -0.1) is 0 Å². The highest BCUT2D eigenvalue weighted by molar-refractivity contribution is 6.05. The molecular formula is C25H24N4O2. The molecule has 1 unspecified atom stereocenters. The molecule has 0 bridgehead atoms. The first-order valence-corrected chi connectivity index (χ1v) is 10.1. The van der Waals surface area contributed by atoms with Gasteiger partial charge >= 0.3 is 0 Å². The molecule has 6 heteroatoms. The molecule has 0 fully saturated rings. The summed E-state index contributed by atoms with van der Waals surface area (Å²) in [6.07, 6.45) is 2.12. The number of nitrogens with one attached hydrogen (secondary N) is 1. The summed E-state index contributed by atoms with van der Waals surface area (Å²) >= 11 is 0. The summed E-state index contributed by atoms with van der Waals surface area (Å²) < 4.78 is 1.89. The maximum atomic E-state index is 13.6. The van der Waals surface area contributed by atoms with Gasteiger partial charge in [0.2, 0.25) is 5.91 Å². The fraction of sp³-hybridized carbons (Fsp3) is 0.160. The predicted molar refractivity (Wildman–Crippen MR) is 122 cm³/mol. The Labute approximate surface area is 181 Å². The predicted octanol–water partition coefficient (Wildman–Crippen LogP) is 3.58. The van der Waals surface area contributed by atoms with Gasteiger partial charge in [-0.1, -0.05) is 54.6 Å². The lowest BCUT2D eigenvalue weighted by atomic mass is 10.0. The monoisotopic (exact) mass is 412 g/mol. The number of fused-ring (bicyclic) bond motifs is 1. The van der Waals surface area contributed by atoms with Crippen molar-refractivity contribution in [1.29, 1.82) is 0 Å². The minimum atomic E-state index is -0.719. The van der Waals surface area contributed by atoms with E-state index in [1.165, 1.54) is 0 Å². The second-order valence-corrected chi connectivity index (χ2v) is 7.48. The van der Waals surface area contributed by atoms with Gasteiger partial charge in [-0.25, -0.2) is 4.98 Å². The second kappa shape index (κ2) is 8.83. The Morgan fingerprint density at radius 1 is 0.968 bits per heavy atom. The van der Waals surface area contributed by atoms with Gasteiger partial charge in [0.05, 0.1) is 23.0 Å². The molecule has 4 aromatic rings. The maximum absolute atomic E-state index is 13.6. The Balaban J connectivity index is 1.65. The number of carbonyl (C=O) groups excluding carboxylic acids is 2. The molecule has 4 rings (SSSR count). The SMILES string of the molecule is CN(C(=O)C(Cc1ccccc1)NC(=O)c1ccccc1)c1cccc2ncn(C)c12. The van der Waals surface area contributed by atoms with E-state index in [2.05, 4.69) is 10.3 Å². The third-order valence-corrected chi connectivity index (χ3v) is 5.33. The number of anilines is 1. The van der Waals surface area contributed by atoms with Crippen LogP contribution >= 0.6 is 0 Å². The molecule has 0 saturated heterocycles. The molecule has 0 saturated carbocycles. The summed E-state index contributed by atoms with van der Waals surface area (Å²) in [6, 6.07) is 23.6. The number of likely N-dealkylation sites (N-methyl/N-ethyl adjacent to an activating group) is 1. The Morgan fingerprint density at radius 2 is 1.65 bits per heavy atom. The first-order chi connectivity index (χ1) is 15.0. The molecule has 156 valence electrons. The average molecular weight is 412 g/mol. The third-order valence-electron chi connectivity index (χ3n) is 5.33. The van der Waals surface area contributed by atoms with Crippen molar-refractivity contribution in [3.8, 4) is 0 Å². The number of hydrogen-bond donors (Lipinski definition) is 1. The van der Waals surface area contributed by atoms with Gasteiger partial charge in [-0.2, -0.15) is 0 Å². The van der Waals surface area contributed by atoms with Gasteiger partial charge in [-0.05, 0) is 29.8 Å². The Hall–Kier alpha value is -3.93. The summed E-state index contributed by atoms with van der Waals surface area (Å²) in [7, 11) is 3.63. The van der Waals surface area contributed by atoms with Gasteiger partial charge in [0.15, 0.2) is 0 Å². The Bertz CT molecular complexity index is 1200. The minimum Gasteiger partial charge on any atom is -0.340 e. The van der Waals surface area contributed by atoms with Crippen LogP contribution in [0.15, 0.2) is 85.2 Å². The van der Waals surface area contributed by atoms with Crippen molar-refractivity contribution in [3.05, 3.63) is 96.3 Å². The van der Waals surface area contributed by atoms with E-state index < -0.39 is 6.04 Å². The molecule has 0 aliphatic carbocycles. The van der Waals surface area contributed by atoms with Crippen molar-refractivity contribution < 1.29 is 9.59 Å².